The van der Waals surface area contributed by atoms with E-state index < -0.39 is 0 Å². The largest absolute Gasteiger partial charge is 0.483 e. The van der Waals surface area contributed by atoms with Crippen LogP contribution >= 0.6 is 23.2 Å². The summed E-state index contributed by atoms with van der Waals surface area (Å²) in [6.45, 7) is 1.92. The highest BCUT2D eigenvalue weighted by molar-refractivity contribution is 6.42. The number of hydrogen-bond acceptors (Lipinski definition) is 3. The fraction of sp³-hybridized carbons (Fsp3) is 0.333. The van der Waals surface area contributed by atoms with Crippen LogP contribution < -0.4 is 10.1 Å². The van der Waals surface area contributed by atoms with Crippen molar-refractivity contribution in [3.05, 3.63) is 63.6 Å². The van der Waals surface area contributed by atoms with Crippen LogP contribution in [-0.4, -0.2) is 37.4 Å². The molecule has 2 amide bonds. The number of rotatable bonds is 8. The van der Waals surface area contributed by atoms with Gasteiger partial charge >= 0.3 is 0 Å². The Balaban J connectivity index is 2.08. The van der Waals surface area contributed by atoms with Crippen LogP contribution in [0.2, 0.25) is 10.0 Å². The minimum absolute atomic E-state index is 0.0579. The van der Waals surface area contributed by atoms with Gasteiger partial charge in [-0.1, -0.05) is 54.4 Å². The number of hydrogen-bond donors (Lipinski definition) is 1. The van der Waals surface area contributed by atoms with Crippen molar-refractivity contribution in [2.45, 2.75) is 25.8 Å². The number of para-hydroxylation sites is 1. The fourth-order valence-electron chi connectivity index (χ4n) is 2.65. The fourth-order valence-corrected chi connectivity index (χ4v) is 2.97. The SMILES string of the molecule is CCC(NC(=O)Cc1ccc(Cl)c(Cl)c1)c1ccccc1OCC(=O)N(C)C. The molecule has 1 N–H and O–H groups in total. The third kappa shape index (κ3) is 6.14. The van der Waals surface area contributed by atoms with Crippen LogP contribution in [0, 0.1) is 0 Å². The van der Waals surface area contributed by atoms with Gasteiger partial charge in [0.2, 0.25) is 5.91 Å². The molecule has 1 unspecified atom stereocenters. The molecule has 28 heavy (non-hydrogen) atoms. The van der Waals surface area contributed by atoms with Gasteiger partial charge in [0.1, 0.15) is 5.75 Å². The molecule has 0 aliphatic heterocycles. The Morgan fingerprint density at radius 3 is 2.46 bits per heavy atom. The summed E-state index contributed by atoms with van der Waals surface area (Å²) >= 11 is 11.9. The van der Waals surface area contributed by atoms with E-state index in [0.717, 1.165) is 11.1 Å². The maximum atomic E-state index is 12.5. The lowest BCUT2D eigenvalue weighted by atomic mass is 10.0. The summed E-state index contributed by atoms with van der Waals surface area (Å²) in [4.78, 5) is 25.8. The molecule has 0 saturated carbocycles. The van der Waals surface area contributed by atoms with E-state index in [1.165, 1.54) is 4.90 Å². The van der Waals surface area contributed by atoms with Gasteiger partial charge in [-0.25, -0.2) is 0 Å². The van der Waals surface area contributed by atoms with E-state index >= 15 is 0 Å². The van der Waals surface area contributed by atoms with Gasteiger partial charge in [0.25, 0.3) is 5.91 Å². The summed E-state index contributed by atoms with van der Waals surface area (Å²) in [5.74, 6) is 0.315. The molecule has 0 aromatic heterocycles. The molecule has 0 spiro atoms. The molecule has 2 aromatic rings. The number of nitrogens with one attached hydrogen (secondary N) is 1. The van der Waals surface area contributed by atoms with Crippen molar-refractivity contribution in [3.63, 3.8) is 0 Å². The zero-order valence-electron chi connectivity index (χ0n) is 16.2. The normalized spacial score (nSPS) is 11.6. The van der Waals surface area contributed by atoms with E-state index in [-0.39, 0.29) is 30.9 Å². The van der Waals surface area contributed by atoms with Crippen LogP contribution in [0.1, 0.15) is 30.5 Å². The topological polar surface area (TPSA) is 58.6 Å². The molecule has 150 valence electrons. The van der Waals surface area contributed by atoms with Crippen molar-refractivity contribution in [1.29, 1.82) is 0 Å². The molecule has 0 saturated heterocycles. The molecular formula is C21H24Cl2N2O3. The zero-order valence-corrected chi connectivity index (χ0v) is 17.7. The first-order valence-electron chi connectivity index (χ1n) is 8.97. The lowest BCUT2D eigenvalue weighted by Crippen LogP contribution is -2.30. The number of likely N-dealkylation sites (N-methyl/N-ethyl adjacent to an activating group) is 1. The predicted molar refractivity (Wildman–Crippen MR) is 112 cm³/mol. The maximum Gasteiger partial charge on any atom is 0.259 e. The van der Waals surface area contributed by atoms with Crippen molar-refractivity contribution in [2.24, 2.45) is 0 Å². The van der Waals surface area contributed by atoms with Crippen molar-refractivity contribution < 1.29 is 14.3 Å². The zero-order chi connectivity index (χ0) is 20.7. The Hall–Kier alpha value is -2.24. The van der Waals surface area contributed by atoms with E-state index in [1.54, 1.807) is 38.4 Å². The van der Waals surface area contributed by atoms with Gasteiger partial charge in [-0.3, -0.25) is 9.59 Å². The number of carbonyl (C=O) groups is 2. The van der Waals surface area contributed by atoms with Crippen molar-refractivity contribution in [1.82, 2.24) is 10.2 Å². The van der Waals surface area contributed by atoms with Gasteiger partial charge in [-0.15, -0.1) is 0 Å². The number of carbonyl (C=O) groups excluding carboxylic acids is 2. The standard InChI is InChI=1S/C21H24Cl2N2O3/c1-4-18(24-20(26)12-14-9-10-16(22)17(23)11-14)15-7-5-6-8-19(15)28-13-21(27)25(2)3/h5-11,18H,4,12-13H2,1-3H3,(H,24,26). The average Bonchev–Trinajstić information content (AvgIpc) is 2.67. The average molecular weight is 423 g/mol. The number of amides is 2. The summed E-state index contributed by atoms with van der Waals surface area (Å²) in [6.07, 6.45) is 0.866. The summed E-state index contributed by atoms with van der Waals surface area (Å²) < 4.78 is 5.70. The van der Waals surface area contributed by atoms with Crippen molar-refractivity contribution in [3.8, 4) is 5.75 Å². The molecule has 0 radical (unpaired) electrons. The minimum atomic E-state index is -0.235. The Morgan fingerprint density at radius 1 is 1.11 bits per heavy atom. The summed E-state index contributed by atoms with van der Waals surface area (Å²) in [6, 6.07) is 12.3. The molecular weight excluding hydrogens is 399 g/mol. The third-order valence-electron chi connectivity index (χ3n) is 4.24. The number of nitrogens with zero attached hydrogens (tertiary/aromatic N) is 1. The van der Waals surface area contributed by atoms with Crippen LogP contribution in [0.15, 0.2) is 42.5 Å². The Kier molecular flexibility index (Phi) is 8.15. The molecule has 0 bridgehead atoms. The molecule has 5 nitrogen and oxygen atoms in total. The number of benzene rings is 2. The quantitative estimate of drug-likeness (QED) is 0.690. The highest BCUT2D eigenvalue weighted by atomic mass is 35.5. The van der Waals surface area contributed by atoms with Crippen LogP contribution in [-0.2, 0) is 16.0 Å². The van der Waals surface area contributed by atoms with Gasteiger partial charge in [0.05, 0.1) is 22.5 Å². The van der Waals surface area contributed by atoms with Gasteiger partial charge in [0, 0.05) is 19.7 Å². The Bertz CT molecular complexity index is 840. The highest BCUT2D eigenvalue weighted by Gasteiger charge is 2.18. The van der Waals surface area contributed by atoms with Crippen LogP contribution in [0.25, 0.3) is 0 Å². The first-order valence-corrected chi connectivity index (χ1v) is 9.72. The summed E-state index contributed by atoms with van der Waals surface area (Å²) in [7, 11) is 3.35. The number of halogens is 2. The van der Waals surface area contributed by atoms with Gasteiger partial charge in [0.15, 0.2) is 6.61 Å². The third-order valence-corrected chi connectivity index (χ3v) is 4.98. The van der Waals surface area contributed by atoms with Crippen LogP contribution in [0.4, 0.5) is 0 Å². The molecule has 1 atom stereocenters. The molecule has 0 aliphatic carbocycles. The lowest BCUT2D eigenvalue weighted by molar-refractivity contribution is -0.130. The van der Waals surface area contributed by atoms with E-state index in [9.17, 15) is 9.59 Å². The maximum absolute atomic E-state index is 12.5. The summed E-state index contributed by atoms with van der Waals surface area (Å²) in [5.41, 5.74) is 1.61. The van der Waals surface area contributed by atoms with Gasteiger partial charge in [-0.2, -0.15) is 0 Å². The lowest BCUT2D eigenvalue weighted by Gasteiger charge is -2.21. The van der Waals surface area contributed by atoms with E-state index in [0.29, 0.717) is 22.2 Å². The number of ether oxygens (including phenoxy) is 1. The second-order valence-corrected chi connectivity index (χ2v) is 7.38. The summed E-state index contributed by atoms with van der Waals surface area (Å²) in [5, 5.41) is 3.90. The Labute approximate surface area is 175 Å². The van der Waals surface area contributed by atoms with E-state index in [1.807, 2.05) is 25.1 Å². The van der Waals surface area contributed by atoms with Gasteiger partial charge in [-0.05, 0) is 30.2 Å². The highest BCUT2D eigenvalue weighted by Crippen LogP contribution is 2.28. The Morgan fingerprint density at radius 2 is 1.82 bits per heavy atom. The molecule has 7 heteroatoms. The smallest absolute Gasteiger partial charge is 0.259 e. The molecule has 0 fully saturated rings. The van der Waals surface area contributed by atoms with E-state index in [4.69, 9.17) is 27.9 Å². The van der Waals surface area contributed by atoms with E-state index in [2.05, 4.69) is 5.32 Å². The molecule has 2 rings (SSSR count). The first-order chi connectivity index (χ1) is 13.3. The molecule has 0 aliphatic rings. The molecule has 2 aromatic carbocycles. The second kappa shape index (κ2) is 10.3. The van der Waals surface area contributed by atoms with Crippen molar-refractivity contribution >= 4 is 35.0 Å². The minimum Gasteiger partial charge on any atom is -0.483 e. The second-order valence-electron chi connectivity index (χ2n) is 6.57. The first kappa shape index (κ1) is 22.1. The van der Waals surface area contributed by atoms with Gasteiger partial charge < -0.3 is 15.0 Å². The predicted octanol–water partition coefficient (Wildman–Crippen LogP) is 4.27. The monoisotopic (exact) mass is 422 g/mol. The van der Waals surface area contributed by atoms with Crippen molar-refractivity contribution in [2.75, 3.05) is 20.7 Å². The van der Waals surface area contributed by atoms with Crippen LogP contribution in [0.5, 0.6) is 5.75 Å². The van der Waals surface area contributed by atoms with Crippen LogP contribution in [0.3, 0.4) is 0 Å². The molecule has 0 heterocycles.